The molecule has 2 heteroatoms. The topological polar surface area (TPSA) is 9.23 Å². The summed E-state index contributed by atoms with van der Waals surface area (Å²) in [5, 5.41) is 0. The first kappa shape index (κ1) is 17.7. The van der Waals surface area contributed by atoms with Gasteiger partial charge in [0.25, 0.3) is 0 Å². The van der Waals surface area contributed by atoms with Crippen LogP contribution >= 0.6 is 0 Å². The first-order chi connectivity index (χ1) is 12.3. The molecule has 126 valence electrons. The third-order valence-electron chi connectivity index (χ3n) is 3.96. The van der Waals surface area contributed by atoms with E-state index in [1.807, 2.05) is 6.07 Å². The maximum atomic E-state index is 5.81. The molecule has 0 unspecified atom stereocenters. The van der Waals surface area contributed by atoms with Crippen molar-refractivity contribution in [3.63, 3.8) is 0 Å². The number of rotatable bonds is 7. The standard InChI is InChI=1S/C23H22OSe/c1-24-23(20-13-7-3-8-14-20)18-22(17-19-11-5-2-6-12-19)25-21-15-9-4-10-16-21/h2-17,23H,18H2,1H3/b22-17-/t23-/m0/s1. The number of hydrogen-bond donors (Lipinski definition) is 0. The third-order valence-corrected chi connectivity index (χ3v) is 6.17. The molecule has 0 spiro atoms. The third kappa shape index (κ3) is 5.44. The molecule has 0 bridgehead atoms. The van der Waals surface area contributed by atoms with Crippen molar-refractivity contribution < 1.29 is 4.74 Å². The predicted molar refractivity (Wildman–Crippen MR) is 107 cm³/mol. The molecule has 0 fully saturated rings. The zero-order chi connectivity index (χ0) is 17.3. The Bertz CT molecular complexity index is 782. The first-order valence-electron chi connectivity index (χ1n) is 8.41. The van der Waals surface area contributed by atoms with Crippen LogP contribution in [0.4, 0.5) is 0 Å². The van der Waals surface area contributed by atoms with Crippen molar-refractivity contribution in [1.29, 1.82) is 0 Å². The van der Waals surface area contributed by atoms with E-state index in [0.717, 1.165) is 6.42 Å². The second-order valence-electron chi connectivity index (χ2n) is 5.78. The summed E-state index contributed by atoms with van der Waals surface area (Å²) < 4.78 is 8.63. The number of methoxy groups -OCH3 is 1. The van der Waals surface area contributed by atoms with E-state index in [1.165, 1.54) is 20.1 Å². The normalized spacial score (nSPS) is 12.8. The summed E-state index contributed by atoms with van der Waals surface area (Å²) in [5.41, 5.74) is 2.48. The molecular formula is C23H22OSe. The Morgan fingerprint density at radius 1 is 0.840 bits per heavy atom. The fourth-order valence-electron chi connectivity index (χ4n) is 2.69. The van der Waals surface area contributed by atoms with Crippen LogP contribution < -0.4 is 4.46 Å². The van der Waals surface area contributed by atoms with Gasteiger partial charge in [-0.05, 0) is 0 Å². The molecule has 1 nitrogen and oxygen atoms in total. The van der Waals surface area contributed by atoms with E-state index in [2.05, 4.69) is 91.0 Å². The molecule has 0 aliphatic rings. The quantitative estimate of drug-likeness (QED) is 0.522. The van der Waals surface area contributed by atoms with Crippen molar-refractivity contribution in [3.8, 4) is 0 Å². The van der Waals surface area contributed by atoms with E-state index in [-0.39, 0.29) is 21.1 Å². The van der Waals surface area contributed by atoms with Crippen LogP contribution in [0.5, 0.6) is 0 Å². The molecule has 1 atom stereocenters. The monoisotopic (exact) mass is 394 g/mol. The second-order valence-corrected chi connectivity index (χ2v) is 8.29. The Labute approximate surface area is 156 Å². The maximum absolute atomic E-state index is 5.81. The van der Waals surface area contributed by atoms with Crippen molar-refractivity contribution in [2.24, 2.45) is 0 Å². The van der Waals surface area contributed by atoms with E-state index in [1.54, 1.807) is 7.11 Å². The van der Waals surface area contributed by atoms with Crippen LogP contribution in [0.15, 0.2) is 95.5 Å². The van der Waals surface area contributed by atoms with E-state index in [0.29, 0.717) is 0 Å². The Kier molecular flexibility index (Phi) is 6.64. The van der Waals surface area contributed by atoms with E-state index >= 15 is 0 Å². The Morgan fingerprint density at radius 3 is 2.00 bits per heavy atom. The fraction of sp³-hybridized carbons (Fsp3) is 0.130. The van der Waals surface area contributed by atoms with Gasteiger partial charge in [-0.25, -0.2) is 0 Å². The average Bonchev–Trinajstić information content (AvgIpc) is 2.68. The van der Waals surface area contributed by atoms with Crippen LogP contribution in [0, 0.1) is 0 Å². The van der Waals surface area contributed by atoms with Crippen molar-refractivity contribution in [3.05, 3.63) is 107 Å². The van der Waals surface area contributed by atoms with Crippen molar-refractivity contribution in [2.45, 2.75) is 12.5 Å². The van der Waals surface area contributed by atoms with Gasteiger partial charge in [0.1, 0.15) is 0 Å². The summed E-state index contributed by atoms with van der Waals surface area (Å²) >= 11 is 0.280. The van der Waals surface area contributed by atoms with Crippen molar-refractivity contribution in [2.75, 3.05) is 7.11 Å². The van der Waals surface area contributed by atoms with Gasteiger partial charge in [-0.2, -0.15) is 0 Å². The van der Waals surface area contributed by atoms with Gasteiger partial charge in [0, 0.05) is 0 Å². The molecule has 0 amide bonds. The summed E-state index contributed by atoms with van der Waals surface area (Å²) in [6.07, 6.45) is 3.31. The minimum absolute atomic E-state index is 0.0850. The van der Waals surface area contributed by atoms with Crippen LogP contribution in [0.25, 0.3) is 6.08 Å². The van der Waals surface area contributed by atoms with Crippen LogP contribution in [0.3, 0.4) is 0 Å². The number of hydrogen-bond acceptors (Lipinski definition) is 1. The molecule has 0 aliphatic carbocycles. The molecule has 0 aromatic heterocycles. The van der Waals surface area contributed by atoms with Gasteiger partial charge < -0.3 is 0 Å². The van der Waals surface area contributed by atoms with Crippen molar-refractivity contribution >= 4 is 25.5 Å². The second kappa shape index (κ2) is 9.39. The van der Waals surface area contributed by atoms with Gasteiger partial charge in [0.05, 0.1) is 0 Å². The van der Waals surface area contributed by atoms with Gasteiger partial charge in [-0.15, -0.1) is 0 Å². The number of benzene rings is 3. The van der Waals surface area contributed by atoms with E-state index in [4.69, 9.17) is 4.74 Å². The van der Waals surface area contributed by atoms with Gasteiger partial charge >= 0.3 is 156 Å². The Hall–Kier alpha value is -2.12. The van der Waals surface area contributed by atoms with Crippen LogP contribution in [-0.2, 0) is 4.74 Å². The number of ether oxygens (including phenoxy) is 1. The Balaban J connectivity index is 1.86. The molecule has 0 saturated heterocycles. The zero-order valence-electron chi connectivity index (χ0n) is 14.3. The SMILES string of the molecule is CO[C@@H](C/C(=C/c1ccccc1)[Se]c1ccccc1)c1ccccc1. The molecule has 3 aromatic carbocycles. The van der Waals surface area contributed by atoms with Crippen LogP contribution in [0.1, 0.15) is 23.7 Å². The molecule has 3 rings (SSSR count). The van der Waals surface area contributed by atoms with Crippen molar-refractivity contribution in [1.82, 2.24) is 0 Å². The summed E-state index contributed by atoms with van der Waals surface area (Å²) in [6, 6.07) is 31.7. The summed E-state index contributed by atoms with van der Waals surface area (Å²) in [4.78, 5) is 0. The van der Waals surface area contributed by atoms with Crippen LogP contribution in [-0.4, -0.2) is 22.1 Å². The molecule has 0 radical (unpaired) electrons. The van der Waals surface area contributed by atoms with Gasteiger partial charge in [0.2, 0.25) is 0 Å². The summed E-state index contributed by atoms with van der Waals surface area (Å²) in [6.45, 7) is 0. The predicted octanol–water partition coefficient (Wildman–Crippen LogP) is 4.84. The first-order valence-corrected chi connectivity index (χ1v) is 10.1. The van der Waals surface area contributed by atoms with Gasteiger partial charge in [0.15, 0.2) is 0 Å². The van der Waals surface area contributed by atoms with E-state index < -0.39 is 0 Å². The zero-order valence-corrected chi connectivity index (χ0v) is 16.1. The van der Waals surface area contributed by atoms with Gasteiger partial charge in [-0.1, -0.05) is 0 Å². The molecule has 0 N–H and O–H groups in total. The molecule has 3 aromatic rings. The molecular weight excluding hydrogens is 371 g/mol. The summed E-state index contributed by atoms with van der Waals surface area (Å²) in [5.74, 6) is 0. The molecule has 0 heterocycles. The van der Waals surface area contributed by atoms with Gasteiger partial charge in [-0.3, -0.25) is 0 Å². The summed E-state index contributed by atoms with van der Waals surface area (Å²) in [7, 11) is 1.80. The van der Waals surface area contributed by atoms with E-state index in [9.17, 15) is 0 Å². The average molecular weight is 393 g/mol. The molecule has 0 saturated carbocycles. The molecule has 25 heavy (non-hydrogen) atoms. The Morgan fingerprint density at radius 2 is 1.40 bits per heavy atom. The minimum atomic E-state index is 0.0850. The molecule has 0 aliphatic heterocycles. The fourth-order valence-corrected chi connectivity index (χ4v) is 4.84. The van der Waals surface area contributed by atoms with Crippen LogP contribution in [0.2, 0.25) is 0 Å².